The Labute approximate surface area is 116 Å². The van der Waals surface area contributed by atoms with E-state index in [1.165, 1.54) is 20.1 Å². The van der Waals surface area contributed by atoms with Crippen molar-refractivity contribution in [3.63, 3.8) is 0 Å². The molecule has 106 valence electrons. The molecule has 6 heteroatoms. The summed E-state index contributed by atoms with van der Waals surface area (Å²) in [5.41, 5.74) is 6.19. The van der Waals surface area contributed by atoms with Crippen LogP contribution in [0.5, 0.6) is 0 Å². The first-order valence-electron chi connectivity index (χ1n) is 5.90. The van der Waals surface area contributed by atoms with E-state index >= 15 is 0 Å². The van der Waals surface area contributed by atoms with Crippen LogP contribution >= 0.6 is 0 Å². The summed E-state index contributed by atoms with van der Waals surface area (Å²) in [7, 11) is 1.31. The van der Waals surface area contributed by atoms with Crippen LogP contribution in [0.3, 0.4) is 0 Å². The summed E-state index contributed by atoms with van der Waals surface area (Å²) in [4.78, 5) is 33.5. The predicted octanol–water partition coefficient (Wildman–Crippen LogP) is 0.476. The molecular formula is C14H16N2O4. The van der Waals surface area contributed by atoms with Crippen LogP contribution in [0, 0.1) is 0 Å². The zero-order valence-corrected chi connectivity index (χ0v) is 11.3. The lowest BCUT2D eigenvalue weighted by atomic mass is 10.1. The molecule has 0 fully saturated rings. The number of amides is 2. The molecule has 1 unspecified atom stereocenters. The average Bonchev–Trinajstić information content (AvgIpc) is 2.44. The maximum absolute atomic E-state index is 11.5. The molecular weight excluding hydrogens is 260 g/mol. The third-order valence-electron chi connectivity index (χ3n) is 2.54. The molecule has 0 saturated heterocycles. The molecule has 0 aliphatic heterocycles. The highest BCUT2D eigenvalue weighted by Gasteiger charge is 2.09. The molecule has 0 heterocycles. The number of carbonyl (C=O) groups excluding carboxylic acids is 3. The average molecular weight is 276 g/mol. The number of nitrogens with two attached hydrogens (primary N) is 1. The van der Waals surface area contributed by atoms with Crippen molar-refractivity contribution in [3.05, 3.63) is 41.5 Å². The predicted molar refractivity (Wildman–Crippen MR) is 73.6 cm³/mol. The Morgan fingerprint density at radius 2 is 1.85 bits per heavy atom. The lowest BCUT2D eigenvalue weighted by Crippen LogP contribution is -2.41. The maximum Gasteiger partial charge on any atom is 0.337 e. The molecule has 0 saturated carbocycles. The van der Waals surface area contributed by atoms with E-state index in [9.17, 15) is 14.4 Å². The summed E-state index contributed by atoms with van der Waals surface area (Å²) in [6.07, 6.45) is 2.84. The number of esters is 1. The summed E-state index contributed by atoms with van der Waals surface area (Å²) in [6.45, 7) is 1.50. The number of ether oxygens (including phenoxy) is 1. The second-order valence-corrected chi connectivity index (χ2v) is 4.08. The van der Waals surface area contributed by atoms with E-state index in [1.54, 1.807) is 30.3 Å². The van der Waals surface area contributed by atoms with Gasteiger partial charge in [0.1, 0.15) is 6.04 Å². The van der Waals surface area contributed by atoms with Crippen molar-refractivity contribution >= 4 is 23.9 Å². The number of carbonyl (C=O) groups is 3. The lowest BCUT2D eigenvalue weighted by molar-refractivity contribution is -0.124. The van der Waals surface area contributed by atoms with Gasteiger partial charge in [-0.15, -0.1) is 0 Å². The maximum atomic E-state index is 11.5. The molecule has 3 N–H and O–H groups in total. The van der Waals surface area contributed by atoms with Gasteiger partial charge in [0.25, 0.3) is 0 Å². The highest BCUT2D eigenvalue weighted by Crippen LogP contribution is 2.07. The van der Waals surface area contributed by atoms with Gasteiger partial charge in [-0.05, 0) is 30.7 Å². The molecule has 1 aromatic rings. The first-order chi connectivity index (χ1) is 9.43. The van der Waals surface area contributed by atoms with Gasteiger partial charge in [0, 0.05) is 6.08 Å². The summed E-state index contributed by atoms with van der Waals surface area (Å²) in [5.74, 6) is -1.45. The molecule has 0 radical (unpaired) electrons. The van der Waals surface area contributed by atoms with Crippen molar-refractivity contribution < 1.29 is 19.1 Å². The van der Waals surface area contributed by atoms with Crippen molar-refractivity contribution in [3.8, 4) is 0 Å². The fraction of sp³-hybridized carbons (Fsp3) is 0.214. The second kappa shape index (κ2) is 7.08. The topological polar surface area (TPSA) is 98.5 Å². The van der Waals surface area contributed by atoms with Crippen LogP contribution in [0.1, 0.15) is 22.8 Å². The standard InChI is InChI=1S/C14H16N2O4/c1-9(13(15)18)16-12(17)8-5-10-3-6-11(7-4-10)14(19)20-2/h3-9H,1-2H3,(H2,15,18)(H,16,17)/b8-5+. The zero-order valence-electron chi connectivity index (χ0n) is 11.3. The molecule has 0 bridgehead atoms. The number of benzene rings is 1. The second-order valence-electron chi connectivity index (χ2n) is 4.08. The van der Waals surface area contributed by atoms with E-state index in [0.29, 0.717) is 5.56 Å². The van der Waals surface area contributed by atoms with E-state index in [0.717, 1.165) is 5.56 Å². The van der Waals surface area contributed by atoms with Crippen molar-refractivity contribution in [2.24, 2.45) is 5.73 Å². The zero-order chi connectivity index (χ0) is 15.1. The van der Waals surface area contributed by atoms with E-state index in [2.05, 4.69) is 10.1 Å². The molecule has 1 rings (SSSR count). The Kier molecular flexibility index (Phi) is 5.46. The summed E-state index contributed by atoms with van der Waals surface area (Å²) in [5, 5.41) is 2.41. The number of hydrogen-bond donors (Lipinski definition) is 2. The van der Waals surface area contributed by atoms with Crippen molar-refractivity contribution in [1.29, 1.82) is 0 Å². The molecule has 2 amide bonds. The number of methoxy groups -OCH3 is 1. The Morgan fingerprint density at radius 1 is 1.25 bits per heavy atom. The van der Waals surface area contributed by atoms with Crippen molar-refractivity contribution in [2.45, 2.75) is 13.0 Å². The SMILES string of the molecule is COC(=O)c1ccc(/C=C/C(=O)NC(C)C(N)=O)cc1. The van der Waals surface area contributed by atoms with Gasteiger partial charge >= 0.3 is 5.97 Å². The van der Waals surface area contributed by atoms with E-state index < -0.39 is 23.8 Å². The quantitative estimate of drug-likeness (QED) is 0.603. The van der Waals surface area contributed by atoms with Gasteiger partial charge in [-0.2, -0.15) is 0 Å². The Balaban J connectivity index is 2.64. The molecule has 20 heavy (non-hydrogen) atoms. The lowest BCUT2D eigenvalue weighted by Gasteiger charge is -2.07. The van der Waals surface area contributed by atoms with Crippen LogP contribution in [-0.4, -0.2) is 30.9 Å². The number of rotatable bonds is 5. The smallest absolute Gasteiger partial charge is 0.337 e. The van der Waals surface area contributed by atoms with Gasteiger partial charge in [0.05, 0.1) is 12.7 Å². The molecule has 0 aliphatic rings. The monoisotopic (exact) mass is 276 g/mol. The van der Waals surface area contributed by atoms with Crippen LogP contribution < -0.4 is 11.1 Å². The van der Waals surface area contributed by atoms with Gasteiger partial charge in [-0.25, -0.2) is 4.79 Å². The summed E-state index contributed by atoms with van der Waals surface area (Å²) >= 11 is 0. The third-order valence-corrected chi connectivity index (χ3v) is 2.54. The number of primary amides is 1. The molecule has 0 aliphatic carbocycles. The molecule has 0 aromatic heterocycles. The molecule has 1 aromatic carbocycles. The van der Waals surface area contributed by atoms with E-state index in [1.807, 2.05) is 0 Å². The van der Waals surface area contributed by atoms with Crippen LogP contribution in [0.4, 0.5) is 0 Å². The van der Waals surface area contributed by atoms with Crippen LogP contribution in [0.25, 0.3) is 6.08 Å². The first kappa shape index (κ1) is 15.4. The van der Waals surface area contributed by atoms with Crippen molar-refractivity contribution in [1.82, 2.24) is 5.32 Å². The number of nitrogens with one attached hydrogen (secondary N) is 1. The minimum atomic E-state index is -0.728. The van der Waals surface area contributed by atoms with Gasteiger partial charge < -0.3 is 15.8 Å². The largest absolute Gasteiger partial charge is 0.465 e. The van der Waals surface area contributed by atoms with Gasteiger partial charge in [-0.3, -0.25) is 9.59 Å². The fourth-order valence-corrected chi connectivity index (χ4v) is 1.35. The van der Waals surface area contributed by atoms with Gasteiger partial charge in [-0.1, -0.05) is 12.1 Å². The first-order valence-corrected chi connectivity index (χ1v) is 5.90. The Morgan fingerprint density at radius 3 is 2.35 bits per heavy atom. The van der Waals surface area contributed by atoms with Crippen LogP contribution in [0.15, 0.2) is 30.3 Å². The highest BCUT2D eigenvalue weighted by atomic mass is 16.5. The third kappa shape index (κ3) is 4.56. The fourth-order valence-electron chi connectivity index (χ4n) is 1.35. The number of hydrogen-bond acceptors (Lipinski definition) is 4. The molecule has 1 atom stereocenters. The minimum Gasteiger partial charge on any atom is -0.465 e. The minimum absolute atomic E-state index is 0.423. The highest BCUT2D eigenvalue weighted by molar-refractivity contribution is 5.95. The normalized spacial score (nSPS) is 11.9. The molecule has 6 nitrogen and oxygen atoms in total. The van der Waals surface area contributed by atoms with Gasteiger partial charge in [0.2, 0.25) is 11.8 Å². The van der Waals surface area contributed by atoms with E-state index in [-0.39, 0.29) is 0 Å². The van der Waals surface area contributed by atoms with Crippen LogP contribution in [-0.2, 0) is 14.3 Å². The van der Waals surface area contributed by atoms with E-state index in [4.69, 9.17) is 5.73 Å². The van der Waals surface area contributed by atoms with Gasteiger partial charge in [0.15, 0.2) is 0 Å². The molecule has 0 spiro atoms. The van der Waals surface area contributed by atoms with Crippen molar-refractivity contribution in [2.75, 3.05) is 7.11 Å². The summed E-state index contributed by atoms with van der Waals surface area (Å²) < 4.78 is 4.58. The van der Waals surface area contributed by atoms with Crippen LogP contribution in [0.2, 0.25) is 0 Å². The summed E-state index contributed by atoms with van der Waals surface area (Å²) in [6, 6.07) is 5.81. The Hall–Kier alpha value is -2.63. The Bertz CT molecular complexity index is 535.